The molecule has 0 saturated carbocycles. The van der Waals surface area contributed by atoms with Crippen LogP contribution in [0.1, 0.15) is 0 Å². The average Bonchev–Trinajstić information content (AvgIpc) is 2.79. The van der Waals surface area contributed by atoms with Gasteiger partial charge in [-0.2, -0.15) is 0 Å². The molecule has 7 heteroatoms. The van der Waals surface area contributed by atoms with Crippen LogP contribution in [0.3, 0.4) is 0 Å². The largest absolute Gasteiger partial charge is 0.491 e. The van der Waals surface area contributed by atoms with E-state index in [0.29, 0.717) is 28.2 Å². The Hall–Kier alpha value is -0.620. The minimum atomic E-state index is -0.834. The molecular weight excluding hydrogens is 297 g/mol. The average molecular weight is 308 g/mol. The van der Waals surface area contributed by atoms with Crippen molar-refractivity contribution in [2.75, 3.05) is 12.4 Å². The molecule has 98 valence electrons. The normalized spacial score (nSPS) is 23.0. The number of halogens is 2. The van der Waals surface area contributed by atoms with Gasteiger partial charge in [0.2, 0.25) is 0 Å². The maximum atomic E-state index is 10.8. The van der Waals surface area contributed by atoms with Gasteiger partial charge in [-0.15, -0.1) is 11.8 Å². The first-order valence-electron chi connectivity index (χ1n) is 5.24. The van der Waals surface area contributed by atoms with E-state index in [4.69, 9.17) is 33.0 Å². The Morgan fingerprint density at radius 3 is 2.89 bits per heavy atom. The fourth-order valence-corrected chi connectivity index (χ4v) is 2.89. The Labute approximate surface area is 119 Å². The van der Waals surface area contributed by atoms with E-state index in [1.165, 1.54) is 11.8 Å². The Balaban J connectivity index is 1.85. The second kappa shape index (κ2) is 6.02. The van der Waals surface area contributed by atoms with Crippen LogP contribution in [0, 0.1) is 0 Å². The van der Waals surface area contributed by atoms with Gasteiger partial charge in [-0.05, 0) is 12.1 Å². The van der Waals surface area contributed by atoms with Gasteiger partial charge in [-0.25, -0.2) is 0 Å². The van der Waals surface area contributed by atoms with E-state index in [1.807, 2.05) is 0 Å². The molecule has 2 atom stereocenters. The van der Waals surface area contributed by atoms with Crippen molar-refractivity contribution >= 4 is 40.9 Å². The van der Waals surface area contributed by atoms with Crippen molar-refractivity contribution < 1.29 is 14.6 Å². The lowest BCUT2D eigenvalue weighted by Crippen LogP contribution is -2.38. The molecule has 0 aromatic heterocycles. The van der Waals surface area contributed by atoms with Gasteiger partial charge in [-0.1, -0.05) is 23.2 Å². The number of carboxylic acids is 1. The van der Waals surface area contributed by atoms with E-state index in [1.54, 1.807) is 18.2 Å². The molecule has 1 aromatic carbocycles. The molecule has 1 aromatic rings. The van der Waals surface area contributed by atoms with Crippen molar-refractivity contribution in [1.29, 1.82) is 0 Å². The molecule has 0 aliphatic carbocycles. The lowest BCUT2D eigenvalue weighted by atomic mass is 10.3. The molecule has 0 amide bonds. The van der Waals surface area contributed by atoms with Gasteiger partial charge < -0.3 is 9.84 Å². The van der Waals surface area contributed by atoms with Gasteiger partial charge in [0.1, 0.15) is 18.4 Å². The zero-order valence-electron chi connectivity index (χ0n) is 9.23. The van der Waals surface area contributed by atoms with Gasteiger partial charge >= 0.3 is 5.97 Å². The van der Waals surface area contributed by atoms with Crippen LogP contribution in [0.5, 0.6) is 5.75 Å². The number of ether oxygens (including phenoxy) is 1. The van der Waals surface area contributed by atoms with E-state index in [2.05, 4.69) is 5.32 Å². The fraction of sp³-hybridized carbons (Fsp3) is 0.364. The quantitative estimate of drug-likeness (QED) is 0.895. The summed E-state index contributed by atoms with van der Waals surface area (Å²) < 4.78 is 5.53. The van der Waals surface area contributed by atoms with Crippen LogP contribution in [-0.4, -0.2) is 34.9 Å². The number of thioether (sulfide) groups is 1. The lowest BCUT2D eigenvalue weighted by Gasteiger charge is -2.12. The minimum Gasteiger partial charge on any atom is -0.491 e. The van der Waals surface area contributed by atoms with Crippen LogP contribution in [0.15, 0.2) is 18.2 Å². The number of nitrogens with one attached hydrogen (secondary N) is 1. The van der Waals surface area contributed by atoms with Crippen LogP contribution in [0.2, 0.25) is 10.0 Å². The number of hydrogen-bond donors (Lipinski definition) is 2. The SMILES string of the molecule is O=C(O)C1CSC(COc2ccc(Cl)c(Cl)c2)N1. The highest BCUT2D eigenvalue weighted by Crippen LogP contribution is 2.27. The first-order chi connectivity index (χ1) is 8.56. The van der Waals surface area contributed by atoms with E-state index in [0.717, 1.165) is 0 Å². The molecule has 0 radical (unpaired) electrons. The zero-order valence-corrected chi connectivity index (χ0v) is 11.6. The third-order valence-corrected chi connectivity index (χ3v) is 4.38. The number of carbonyl (C=O) groups is 1. The highest BCUT2D eigenvalue weighted by molar-refractivity contribution is 8.00. The smallest absolute Gasteiger partial charge is 0.321 e. The summed E-state index contributed by atoms with van der Waals surface area (Å²) in [6.07, 6.45) is 0. The predicted molar refractivity (Wildman–Crippen MR) is 72.8 cm³/mol. The topological polar surface area (TPSA) is 58.6 Å². The predicted octanol–water partition coefficient (Wildman–Crippen LogP) is 2.49. The van der Waals surface area contributed by atoms with Gasteiger partial charge in [0, 0.05) is 11.8 Å². The third-order valence-electron chi connectivity index (χ3n) is 2.44. The molecule has 2 N–H and O–H groups in total. The van der Waals surface area contributed by atoms with Crippen LogP contribution < -0.4 is 10.1 Å². The van der Waals surface area contributed by atoms with Crippen molar-refractivity contribution in [3.05, 3.63) is 28.2 Å². The Bertz CT molecular complexity index is 458. The molecule has 0 bridgehead atoms. The zero-order chi connectivity index (χ0) is 13.1. The summed E-state index contributed by atoms with van der Waals surface area (Å²) in [6, 6.07) is 4.52. The molecule has 1 saturated heterocycles. The van der Waals surface area contributed by atoms with Gasteiger partial charge in [0.15, 0.2) is 0 Å². The number of carboxylic acid groups (broad SMARTS) is 1. The van der Waals surface area contributed by atoms with Crippen LogP contribution in [0.25, 0.3) is 0 Å². The molecular formula is C11H11Cl2NO3S. The molecule has 18 heavy (non-hydrogen) atoms. The Morgan fingerprint density at radius 2 is 2.28 bits per heavy atom. The first kappa shape index (κ1) is 13.8. The maximum absolute atomic E-state index is 10.8. The summed E-state index contributed by atoms with van der Waals surface area (Å²) >= 11 is 13.2. The number of benzene rings is 1. The van der Waals surface area contributed by atoms with E-state index >= 15 is 0 Å². The van der Waals surface area contributed by atoms with Crippen molar-refractivity contribution in [3.8, 4) is 5.75 Å². The van der Waals surface area contributed by atoms with Crippen LogP contribution in [0.4, 0.5) is 0 Å². The Morgan fingerprint density at radius 1 is 1.50 bits per heavy atom. The van der Waals surface area contributed by atoms with Crippen molar-refractivity contribution in [3.63, 3.8) is 0 Å². The van der Waals surface area contributed by atoms with Crippen molar-refractivity contribution in [2.24, 2.45) is 0 Å². The standard InChI is InChI=1S/C11H11Cl2NO3S/c12-7-2-1-6(3-8(7)13)17-4-10-14-9(5-18-10)11(15)16/h1-3,9-10,14H,4-5H2,(H,15,16). The van der Waals surface area contributed by atoms with Crippen LogP contribution in [-0.2, 0) is 4.79 Å². The molecule has 4 nitrogen and oxygen atoms in total. The number of hydrogen-bond acceptors (Lipinski definition) is 4. The fourth-order valence-electron chi connectivity index (χ4n) is 1.51. The summed E-state index contributed by atoms with van der Waals surface area (Å²) in [7, 11) is 0. The second-order valence-corrected chi connectivity index (χ2v) is 5.82. The summed E-state index contributed by atoms with van der Waals surface area (Å²) in [4.78, 5) is 10.8. The maximum Gasteiger partial charge on any atom is 0.321 e. The Kier molecular flexibility index (Phi) is 4.61. The molecule has 1 fully saturated rings. The summed E-state index contributed by atoms with van der Waals surface area (Å²) in [5.74, 6) is 0.329. The molecule has 1 heterocycles. The number of aliphatic carboxylic acids is 1. The van der Waals surface area contributed by atoms with Crippen LogP contribution >= 0.6 is 35.0 Å². The summed E-state index contributed by atoms with van der Waals surface area (Å²) in [5, 5.41) is 12.7. The number of rotatable bonds is 4. The minimum absolute atomic E-state index is 0.0273. The van der Waals surface area contributed by atoms with E-state index in [-0.39, 0.29) is 5.37 Å². The molecule has 2 unspecified atom stereocenters. The molecule has 2 rings (SSSR count). The second-order valence-electron chi connectivity index (χ2n) is 3.77. The molecule has 0 spiro atoms. The molecule has 1 aliphatic heterocycles. The van der Waals surface area contributed by atoms with E-state index in [9.17, 15) is 4.79 Å². The van der Waals surface area contributed by atoms with Crippen molar-refractivity contribution in [2.45, 2.75) is 11.4 Å². The highest BCUT2D eigenvalue weighted by atomic mass is 35.5. The highest BCUT2D eigenvalue weighted by Gasteiger charge is 2.29. The molecule has 1 aliphatic rings. The summed E-state index contributed by atoms with van der Waals surface area (Å²) in [6.45, 7) is 0.381. The lowest BCUT2D eigenvalue weighted by molar-refractivity contribution is -0.138. The van der Waals surface area contributed by atoms with E-state index < -0.39 is 12.0 Å². The first-order valence-corrected chi connectivity index (χ1v) is 7.05. The monoisotopic (exact) mass is 307 g/mol. The summed E-state index contributed by atoms with van der Waals surface area (Å²) in [5.41, 5.74) is 0. The van der Waals surface area contributed by atoms with Gasteiger partial charge in [0.25, 0.3) is 0 Å². The van der Waals surface area contributed by atoms with Gasteiger partial charge in [-0.3, -0.25) is 10.1 Å². The third kappa shape index (κ3) is 3.45. The van der Waals surface area contributed by atoms with Crippen molar-refractivity contribution in [1.82, 2.24) is 5.32 Å². The van der Waals surface area contributed by atoms with Gasteiger partial charge in [0.05, 0.1) is 15.4 Å².